The molecule has 144 valence electrons. The second kappa shape index (κ2) is 10.5. The lowest BCUT2D eigenvalue weighted by Crippen LogP contribution is -2.36. The third kappa shape index (κ3) is 5.69. The molecule has 0 aromatic carbocycles. The maximum Gasteiger partial charge on any atom is 0.191 e. The molecule has 0 saturated carbocycles. The molecule has 0 N–H and O–H groups in total. The Morgan fingerprint density at radius 2 is 2.04 bits per heavy atom. The fraction of sp³-hybridized carbons (Fsp3) is 0.895. The van der Waals surface area contributed by atoms with E-state index in [1.165, 1.54) is 45.1 Å². The molecule has 0 aliphatic carbocycles. The molecule has 5 nitrogen and oxygen atoms in total. The van der Waals surface area contributed by atoms with Gasteiger partial charge in [-0.05, 0) is 59.8 Å². The van der Waals surface area contributed by atoms with Crippen LogP contribution in [0.4, 0.5) is 0 Å². The fourth-order valence-corrected chi connectivity index (χ4v) is 4.77. The van der Waals surface area contributed by atoms with Crippen LogP contribution < -0.4 is 0 Å². The van der Waals surface area contributed by atoms with Crippen molar-refractivity contribution >= 4 is 11.8 Å². The second-order valence-electron chi connectivity index (χ2n) is 7.50. The third-order valence-electron chi connectivity index (χ3n) is 5.39. The first-order valence-corrected chi connectivity index (χ1v) is 11.0. The number of likely N-dealkylation sites (tertiary alicyclic amines) is 1. The summed E-state index contributed by atoms with van der Waals surface area (Å²) in [6.45, 7) is 6.77. The molecule has 1 aromatic rings. The molecule has 1 aliphatic heterocycles. The summed E-state index contributed by atoms with van der Waals surface area (Å²) in [6.07, 6.45) is 8.80. The van der Waals surface area contributed by atoms with Crippen molar-refractivity contribution in [2.24, 2.45) is 0 Å². The van der Waals surface area contributed by atoms with E-state index < -0.39 is 0 Å². The van der Waals surface area contributed by atoms with E-state index in [4.69, 9.17) is 0 Å². The van der Waals surface area contributed by atoms with Gasteiger partial charge in [-0.25, -0.2) is 0 Å². The van der Waals surface area contributed by atoms with Crippen LogP contribution in [0.15, 0.2) is 5.16 Å². The number of unbranched alkanes of at least 4 members (excludes halogenated alkanes) is 1. The maximum absolute atomic E-state index is 4.58. The average Bonchev–Trinajstić information content (AvgIpc) is 2.98. The predicted molar refractivity (Wildman–Crippen MR) is 107 cm³/mol. The Kier molecular flexibility index (Phi) is 8.73. The van der Waals surface area contributed by atoms with Crippen LogP contribution in [0.3, 0.4) is 0 Å². The quantitative estimate of drug-likeness (QED) is 0.583. The summed E-state index contributed by atoms with van der Waals surface area (Å²) in [5.74, 6) is 2.27. The lowest BCUT2D eigenvalue weighted by atomic mass is 10.0. The number of hydrogen-bond acceptors (Lipinski definition) is 5. The van der Waals surface area contributed by atoms with Gasteiger partial charge in [0.05, 0.1) is 6.04 Å². The van der Waals surface area contributed by atoms with E-state index in [-0.39, 0.29) is 0 Å². The Labute approximate surface area is 158 Å². The Balaban J connectivity index is 2.02. The van der Waals surface area contributed by atoms with E-state index in [9.17, 15) is 0 Å². The van der Waals surface area contributed by atoms with Gasteiger partial charge in [0.25, 0.3) is 0 Å². The van der Waals surface area contributed by atoms with Gasteiger partial charge in [-0.15, -0.1) is 10.2 Å². The van der Waals surface area contributed by atoms with Crippen molar-refractivity contribution in [2.45, 2.75) is 82.6 Å². The normalized spacial score (nSPS) is 20.3. The molecule has 0 amide bonds. The Bertz CT molecular complexity index is 502. The summed E-state index contributed by atoms with van der Waals surface area (Å²) >= 11 is 1.90. The van der Waals surface area contributed by atoms with Gasteiger partial charge in [0.2, 0.25) is 0 Å². The number of aromatic nitrogens is 3. The Hall–Kier alpha value is -0.590. The number of thioether (sulfide) groups is 1. The highest BCUT2D eigenvalue weighted by atomic mass is 32.2. The summed E-state index contributed by atoms with van der Waals surface area (Å²) in [5.41, 5.74) is 0. The van der Waals surface area contributed by atoms with Crippen LogP contribution in [0.2, 0.25) is 0 Å². The molecule has 25 heavy (non-hydrogen) atoms. The number of rotatable bonds is 10. The van der Waals surface area contributed by atoms with Gasteiger partial charge in [0, 0.05) is 18.3 Å². The van der Waals surface area contributed by atoms with Crippen LogP contribution in [0.5, 0.6) is 0 Å². The Morgan fingerprint density at radius 1 is 1.24 bits per heavy atom. The molecular weight excluding hydrogens is 330 g/mol. The number of piperidine rings is 1. The zero-order valence-electron chi connectivity index (χ0n) is 16.9. The van der Waals surface area contributed by atoms with Gasteiger partial charge in [0.15, 0.2) is 11.0 Å². The summed E-state index contributed by atoms with van der Waals surface area (Å²) in [7, 11) is 6.55. The highest BCUT2D eigenvalue weighted by Crippen LogP contribution is 2.27. The monoisotopic (exact) mass is 367 g/mol. The van der Waals surface area contributed by atoms with E-state index in [0.717, 1.165) is 35.7 Å². The minimum Gasteiger partial charge on any atom is -0.305 e. The van der Waals surface area contributed by atoms with E-state index in [0.29, 0.717) is 6.04 Å². The van der Waals surface area contributed by atoms with Crippen molar-refractivity contribution in [1.82, 2.24) is 24.6 Å². The SMILES string of the molecule is CCCCn1c(SCCC2CCCCN2C)nnc1C(CC)N(C)C. The lowest BCUT2D eigenvalue weighted by Gasteiger charge is -2.32. The van der Waals surface area contributed by atoms with Crippen LogP contribution >= 0.6 is 11.8 Å². The summed E-state index contributed by atoms with van der Waals surface area (Å²) in [6, 6.07) is 1.10. The molecule has 2 atom stereocenters. The maximum atomic E-state index is 4.58. The molecule has 1 fully saturated rings. The van der Waals surface area contributed by atoms with Crippen molar-refractivity contribution in [3.63, 3.8) is 0 Å². The molecule has 0 bridgehead atoms. The van der Waals surface area contributed by atoms with E-state index in [1.807, 2.05) is 11.8 Å². The van der Waals surface area contributed by atoms with Crippen LogP contribution in [0, 0.1) is 0 Å². The molecule has 0 spiro atoms. The van der Waals surface area contributed by atoms with Crippen molar-refractivity contribution in [3.8, 4) is 0 Å². The van der Waals surface area contributed by atoms with E-state index >= 15 is 0 Å². The molecule has 6 heteroatoms. The topological polar surface area (TPSA) is 37.2 Å². The summed E-state index contributed by atoms with van der Waals surface area (Å²) in [5, 5.41) is 10.3. The molecule has 0 radical (unpaired) electrons. The Morgan fingerprint density at radius 3 is 2.68 bits per heavy atom. The molecule has 1 aromatic heterocycles. The van der Waals surface area contributed by atoms with E-state index in [1.54, 1.807) is 0 Å². The van der Waals surface area contributed by atoms with Crippen LogP contribution in [-0.2, 0) is 6.54 Å². The zero-order chi connectivity index (χ0) is 18.2. The first-order chi connectivity index (χ1) is 12.1. The lowest BCUT2D eigenvalue weighted by molar-refractivity contribution is 0.182. The van der Waals surface area contributed by atoms with Crippen LogP contribution in [0.1, 0.15) is 70.7 Å². The van der Waals surface area contributed by atoms with Crippen molar-refractivity contribution in [2.75, 3.05) is 33.4 Å². The highest BCUT2D eigenvalue weighted by Gasteiger charge is 2.23. The van der Waals surface area contributed by atoms with E-state index in [2.05, 4.69) is 59.6 Å². The molecular formula is C19H37N5S. The molecule has 2 unspecified atom stereocenters. The van der Waals surface area contributed by atoms with Crippen molar-refractivity contribution < 1.29 is 0 Å². The highest BCUT2D eigenvalue weighted by molar-refractivity contribution is 7.99. The van der Waals surface area contributed by atoms with Gasteiger partial charge in [-0.3, -0.25) is 4.90 Å². The van der Waals surface area contributed by atoms with Gasteiger partial charge < -0.3 is 9.47 Å². The number of nitrogens with zero attached hydrogens (tertiary/aromatic N) is 5. The molecule has 2 rings (SSSR count). The molecule has 1 aliphatic rings. The summed E-state index contributed by atoms with van der Waals surface area (Å²) in [4.78, 5) is 4.80. The molecule has 2 heterocycles. The first-order valence-electron chi connectivity index (χ1n) is 10.0. The fourth-order valence-electron chi connectivity index (χ4n) is 3.75. The predicted octanol–water partition coefficient (Wildman–Crippen LogP) is 4.06. The van der Waals surface area contributed by atoms with Crippen molar-refractivity contribution in [3.05, 3.63) is 5.82 Å². The average molecular weight is 368 g/mol. The minimum absolute atomic E-state index is 0.350. The standard InChI is InChI=1S/C19H37N5S/c1-6-8-14-24-18(17(7-2)22(3)4)20-21-19(24)25-15-12-16-11-9-10-13-23(16)5/h16-17H,6-15H2,1-5H3. The van der Waals surface area contributed by atoms with Crippen molar-refractivity contribution in [1.29, 1.82) is 0 Å². The van der Waals surface area contributed by atoms with Crippen LogP contribution in [0.25, 0.3) is 0 Å². The van der Waals surface area contributed by atoms with Gasteiger partial charge in [-0.1, -0.05) is 38.5 Å². The number of hydrogen-bond donors (Lipinski definition) is 0. The molecule has 1 saturated heterocycles. The smallest absolute Gasteiger partial charge is 0.191 e. The first kappa shape index (κ1) is 20.7. The van der Waals surface area contributed by atoms with Gasteiger partial charge in [-0.2, -0.15) is 0 Å². The second-order valence-corrected chi connectivity index (χ2v) is 8.56. The van der Waals surface area contributed by atoms with Gasteiger partial charge >= 0.3 is 0 Å². The zero-order valence-corrected chi connectivity index (χ0v) is 17.7. The largest absolute Gasteiger partial charge is 0.305 e. The van der Waals surface area contributed by atoms with Crippen LogP contribution in [-0.4, -0.2) is 64.0 Å². The minimum atomic E-state index is 0.350. The third-order valence-corrected chi connectivity index (χ3v) is 6.39. The van der Waals surface area contributed by atoms with Gasteiger partial charge in [0.1, 0.15) is 0 Å². The summed E-state index contributed by atoms with van der Waals surface area (Å²) < 4.78 is 2.38.